The summed E-state index contributed by atoms with van der Waals surface area (Å²) in [5.74, 6) is 0.210. The average molecular weight is 465 g/mol. The zero-order valence-corrected chi connectivity index (χ0v) is 18.6. The van der Waals surface area contributed by atoms with Gasteiger partial charge in [-0.05, 0) is 32.9 Å². The summed E-state index contributed by atoms with van der Waals surface area (Å²) in [5, 5.41) is 13.0. The maximum absolute atomic E-state index is 14.1. The number of anilines is 2. The maximum Gasteiger partial charge on any atom is 0.267 e. The van der Waals surface area contributed by atoms with Crippen molar-refractivity contribution in [1.29, 1.82) is 5.26 Å². The van der Waals surface area contributed by atoms with Crippen LogP contribution >= 0.6 is 11.6 Å². The maximum atomic E-state index is 14.1. The van der Waals surface area contributed by atoms with Crippen molar-refractivity contribution in [1.82, 2.24) is 24.5 Å². The quantitative estimate of drug-likeness (QED) is 0.467. The first-order valence-electron chi connectivity index (χ1n) is 9.85. The second-order valence-electron chi connectivity index (χ2n) is 7.36. The van der Waals surface area contributed by atoms with Gasteiger partial charge in [0.15, 0.2) is 5.82 Å². The molecule has 0 saturated heterocycles. The summed E-state index contributed by atoms with van der Waals surface area (Å²) < 4.78 is 15.4. The number of nitriles is 1. The number of nitrogens with one attached hydrogen (secondary N) is 1. The Morgan fingerprint density at radius 2 is 2.03 bits per heavy atom. The molecule has 0 aliphatic rings. The monoisotopic (exact) mass is 464 g/mol. The van der Waals surface area contributed by atoms with Crippen molar-refractivity contribution in [2.75, 3.05) is 11.1 Å². The van der Waals surface area contributed by atoms with E-state index in [9.17, 15) is 14.4 Å². The van der Waals surface area contributed by atoms with E-state index in [2.05, 4.69) is 25.3 Å². The minimum Gasteiger partial charge on any atom is -0.382 e. The van der Waals surface area contributed by atoms with Gasteiger partial charge < -0.3 is 11.1 Å². The smallest absolute Gasteiger partial charge is 0.267 e. The number of hydrogen-bond donors (Lipinski definition) is 2. The Bertz CT molecular complexity index is 1510. The van der Waals surface area contributed by atoms with E-state index >= 15 is 0 Å². The molecular weight excluding hydrogens is 447 g/mol. The summed E-state index contributed by atoms with van der Waals surface area (Å²) in [6.45, 7) is 5.02. The number of benzene rings is 1. The van der Waals surface area contributed by atoms with Crippen molar-refractivity contribution in [3.63, 3.8) is 0 Å². The Morgan fingerprint density at radius 3 is 2.76 bits per heavy atom. The van der Waals surface area contributed by atoms with Gasteiger partial charge in [-0.15, -0.1) is 0 Å². The molecule has 0 radical (unpaired) electrons. The van der Waals surface area contributed by atoms with Crippen LogP contribution in [0.2, 0.25) is 5.02 Å². The SMILES string of the molecule is Cc1nc(N)c(C#N)c(N[C@@H](C)c2nc3cccc(Cl)c3c(=O)n2-c2cc(F)cnc2C)n1. The fraction of sp³-hybridized carbons (Fsp3) is 0.182. The molecule has 0 fully saturated rings. The van der Waals surface area contributed by atoms with Gasteiger partial charge in [-0.1, -0.05) is 17.7 Å². The molecule has 9 nitrogen and oxygen atoms in total. The number of pyridine rings is 1. The number of nitrogens with zero attached hydrogens (tertiary/aromatic N) is 6. The zero-order chi connectivity index (χ0) is 23.9. The lowest BCUT2D eigenvalue weighted by Crippen LogP contribution is -2.28. The lowest BCUT2D eigenvalue weighted by atomic mass is 10.2. The summed E-state index contributed by atoms with van der Waals surface area (Å²) in [6, 6.07) is 7.45. The highest BCUT2D eigenvalue weighted by Gasteiger charge is 2.23. The minimum atomic E-state index is -0.662. The first-order valence-corrected chi connectivity index (χ1v) is 10.2. The molecule has 0 bridgehead atoms. The van der Waals surface area contributed by atoms with Crippen LogP contribution in [-0.2, 0) is 0 Å². The molecule has 0 unspecified atom stereocenters. The molecule has 33 heavy (non-hydrogen) atoms. The Kier molecular flexibility index (Phi) is 5.66. The Balaban J connectivity index is 1.99. The first kappa shape index (κ1) is 22.1. The molecule has 0 amide bonds. The van der Waals surface area contributed by atoms with Gasteiger partial charge in [0.25, 0.3) is 5.56 Å². The molecule has 3 N–H and O–H groups in total. The third-order valence-corrected chi connectivity index (χ3v) is 5.36. The van der Waals surface area contributed by atoms with Crippen molar-refractivity contribution in [2.45, 2.75) is 26.8 Å². The van der Waals surface area contributed by atoms with Crippen molar-refractivity contribution in [3.8, 4) is 11.8 Å². The second-order valence-corrected chi connectivity index (χ2v) is 7.77. The third-order valence-electron chi connectivity index (χ3n) is 5.04. The summed E-state index contributed by atoms with van der Waals surface area (Å²) in [6.07, 6.45) is 1.07. The molecule has 11 heteroatoms. The van der Waals surface area contributed by atoms with Crippen LogP contribution in [0.5, 0.6) is 0 Å². The van der Waals surface area contributed by atoms with Gasteiger partial charge in [0.1, 0.15) is 34.9 Å². The number of nitrogens with two attached hydrogens (primary N) is 1. The highest BCUT2D eigenvalue weighted by molar-refractivity contribution is 6.35. The zero-order valence-electron chi connectivity index (χ0n) is 17.9. The van der Waals surface area contributed by atoms with E-state index in [4.69, 9.17) is 17.3 Å². The number of nitrogen functional groups attached to an aromatic ring is 1. The summed E-state index contributed by atoms with van der Waals surface area (Å²) in [7, 11) is 0. The van der Waals surface area contributed by atoms with E-state index < -0.39 is 17.4 Å². The van der Waals surface area contributed by atoms with Crippen molar-refractivity contribution in [2.24, 2.45) is 0 Å². The van der Waals surface area contributed by atoms with Gasteiger partial charge in [0.05, 0.1) is 39.5 Å². The van der Waals surface area contributed by atoms with Gasteiger partial charge in [-0.2, -0.15) is 5.26 Å². The standard InChI is InChI=1S/C22H18ClFN8O/c1-10-17(7-13(24)9-27-10)32-21(31-16-6-4-5-15(23)18(16)22(32)33)11(2)28-20-14(8-25)19(26)29-12(3)30-20/h4-7,9,11H,1-3H3,(H3,26,28,29,30)/t11-/m0/s1. The first-order chi connectivity index (χ1) is 15.7. The van der Waals surface area contributed by atoms with E-state index in [-0.39, 0.29) is 39.1 Å². The normalized spacial score (nSPS) is 11.9. The molecule has 0 spiro atoms. The van der Waals surface area contributed by atoms with Crippen LogP contribution in [0.3, 0.4) is 0 Å². The number of fused-ring (bicyclic) bond motifs is 1. The number of hydrogen-bond acceptors (Lipinski definition) is 8. The number of aromatic nitrogens is 5. The van der Waals surface area contributed by atoms with Crippen molar-refractivity contribution >= 4 is 34.1 Å². The topological polar surface area (TPSA) is 135 Å². The van der Waals surface area contributed by atoms with Crippen LogP contribution in [0.4, 0.5) is 16.0 Å². The number of rotatable bonds is 4. The molecule has 0 saturated carbocycles. The van der Waals surface area contributed by atoms with Gasteiger partial charge in [0.2, 0.25) is 0 Å². The Labute approximate surface area is 192 Å². The van der Waals surface area contributed by atoms with Crippen LogP contribution in [0.15, 0.2) is 35.3 Å². The molecular formula is C22H18ClFN8O. The molecule has 1 atom stereocenters. The lowest BCUT2D eigenvalue weighted by Gasteiger charge is -2.21. The second kappa shape index (κ2) is 8.44. The summed E-state index contributed by atoms with van der Waals surface area (Å²) in [4.78, 5) is 30.5. The highest BCUT2D eigenvalue weighted by atomic mass is 35.5. The van der Waals surface area contributed by atoms with Crippen LogP contribution < -0.4 is 16.6 Å². The third kappa shape index (κ3) is 3.94. The fourth-order valence-electron chi connectivity index (χ4n) is 3.53. The van der Waals surface area contributed by atoms with Gasteiger partial charge in [-0.25, -0.2) is 19.3 Å². The van der Waals surface area contributed by atoms with E-state index in [0.717, 1.165) is 6.20 Å². The number of aryl methyl sites for hydroxylation is 2. The minimum absolute atomic E-state index is 0.0283. The Morgan fingerprint density at radius 1 is 1.27 bits per heavy atom. The van der Waals surface area contributed by atoms with Crippen LogP contribution in [-0.4, -0.2) is 24.5 Å². The van der Waals surface area contributed by atoms with Crippen molar-refractivity contribution < 1.29 is 4.39 Å². The molecule has 3 heterocycles. The molecule has 0 aliphatic heterocycles. The molecule has 4 rings (SSSR count). The van der Waals surface area contributed by atoms with Crippen LogP contribution in [0.25, 0.3) is 16.6 Å². The lowest BCUT2D eigenvalue weighted by molar-refractivity contribution is 0.616. The summed E-state index contributed by atoms with van der Waals surface area (Å²) in [5.41, 5.74) is 6.46. The van der Waals surface area contributed by atoms with Crippen molar-refractivity contribution in [3.05, 3.63) is 74.6 Å². The molecule has 0 aliphatic carbocycles. The van der Waals surface area contributed by atoms with Gasteiger partial charge in [0, 0.05) is 6.07 Å². The summed E-state index contributed by atoms with van der Waals surface area (Å²) >= 11 is 6.30. The van der Waals surface area contributed by atoms with Crippen LogP contribution in [0.1, 0.15) is 35.9 Å². The number of halogens is 2. The fourth-order valence-corrected chi connectivity index (χ4v) is 3.78. The van der Waals surface area contributed by atoms with E-state index in [1.807, 2.05) is 6.07 Å². The van der Waals surface area contributed by atoms with E-state index in [1.165, 1.54) is 10.6 Å². The molecule has 4 aromatic rings. The predicted octanol–water partition coefficient (Wildman–Crippen LogP) is 3.61. The van der Waals surface area contributed by atoms with E-state index in [1.54, 1.807) is 39.0 Å². The molecule has 1 aromatic carbocycles. The predicted molar refractivity (Wildman–Crippen MR) is 123 cm³/mol. The average Bonchev–Trinajstić information content (AvgIpc) is 2.75. The van der Waals surface area contributed by atoms with Gasteiger partial charge >= 0.3 is 0 Å². The molecule has 3 aromatic heterocycles. The largest absolute Gasteiger partial charge is 0.382 e. The van der Waals surface area contributed by atoms with Crippen LogP contribution in [0, 0.1) is 31.0 Å². The molecule has 166 valence electrons. The van der Waals surface area contributed by atoms with E-state index in [0.29, 0.717) is 17.0 Å². The highest BCUT2D eigenvalue weighted by Crippen LogP contribution is 2.27. The Hall–Kier alpha value is -4.10. The van der Waals surface area contributed by atoms with Gasteiger partial charge in [-0.3, -0.25) is 14.3 Å².